The van der Waals surface area contributed by atoms with Crippen LogP contribution in [0, 0.1) is 29.6 Å². The second-order valence-electron chi connectivity index (χ2n) is 7.28. The summed E-state index contributed by atoms with van der Waals surface area (Å²) < 4.78 is 0. The highest BCUT2D eigenvalue weighted by molar-refractivity contribution is 5.94. The first-order valence-corrected chi connectivity index (χ1v) is 10.8. The molecule has 4 nitrogen and oxygen atoms in total. The lowest BCUT2D eigenvalue weighted by Gasteiger charge is -2.13. The first kappa shape index (κ1) is 25.1. The summed E-state index contributed by atoms with van der Waals surface area (Å²) in [6.07, 6.45) is 10.5. The molecule has 1 amide bonds. The summed E-state index contributed by atoms with van der Waals surface area (Å²) in [6, 6.07) is 8.78. The standard InChI is InChI=1S/C26H33NO3/c1-3-5-6-7-8-9-13-19-24(27-26(30)23-17-11-10-12-18-23)20-15-14-16-22(4-2)21-25(28)29/h4,10-12,17-18,22,24H,2-3,5-9,13,19,21H2,1H3,(H,27,30)(H,28,29)/t22-,24+/m0/s1. The Morgan fingerprint density at radius 2 is 1.67 bits per heavy atom. The Balaban J connectivity index is 2.67. The normalized spacial score (nSPS) is 11.8. The summed E-state index contributed by atoms with van der Waals surface area (Å²) in [7, 11) is 0. The van der Waals surface area contributed by atoms with Crippen LogP contribution in [0.2, 0.25) is 0 Å². The number of aliphatic carboxylic acids is 1. The molecule has 0 heterocycles. The molecule has 0 unspecified atom stereocenters. The fourth-order valence-electron chi connectivity index (χ4n) is 2.95. The lowest BCUT2D eigenvalue weighted by molar-refractivity contribution is -0.137. The maximum Gasteiger partial charge on any atom is 0.304 e. The van der Waals surface area contributed by atoms with Crippen LogP contribution in [0.15, 0.2) is 43.0 Å². The Bertz CT molecular complexity index is 777. The van der Waals surface area contributed by atoms with Crippen molar-refractivity contribution in [2.45, 2.75) is 70.8 Å². The third kappa shape index (κ3) is 11.8. The van der Waals surface area contributed by atoms with Crippen LogP contribution in [-0.2, 0) is 4.79 Å². The number of amides is 1. The number of hydrogen-bond acceptors (Lipinski definition) is 2. The van der Waals surface area contributed by atoms with E-state index < -0.39 is 11.9 Å². The number of carbonyl (C=O) groups is 2. The zero-order chi connectivity index (χ0) is 22.0. The maximum absolute atomic E-state index is 12.5. The van der Waals surface area contributed by atoms with Crippen molar-refractivity contribution in [1.82, 2.24) is 5.32 Å². The molecule has 0 saturated heterocycles. The molecule has 30 heavy (non-hydrogen) atoms. The van der Waals surface area contributed by atoms with Gasteiger partial charge in [0.2, 0.25) is 0 Å². The number of nitrogens with one attached hydrogen (secondary N) is 1. The van der Waals surface area contributed by atoms with Gasteiger partial charge in [0.25, 0.3) is 5.91 Å². The Morgan fingerprint density at radius 1 is 1.03 bits per heavy atom. The number of unbranched alkanes of at least 4 members (excludes halogenated alkanes) is 6. The lowest BCUT2D eigenvalue weighted by atomic mass is 10.0. The molecule has 0 aromatic heterocycles. The van der Waals surface area contributed by atoms with E-state index in [9.17, 15) is 9.59 Å². The summed E-state index contributed by atoms with van der Waals surface area (Å²) in [5.41, 5.74) is 0.600. The molecule has 160 valence electrons. The summed E-state index contributed by atoms with van der Waals surface area (Å²) in [4.78, 5) is 23.3. The van der Waals surface area contributed by atoms with Crippen molar-refractivity contribution in [3.05, 3.63) is 48.6 Å². The van der Waals surface area contributed by atoms with Crippen molar-refractivity contribution in [1.29, 1.82) is 0 Å². The molecule has 0 radical (unpaired) electrons. The van der Waals surface area contributed by atoms with Gasteiger partial charge in [-0.05, 0) is 30.4 Å². The fraction of sp³-hybridized carbons (Fsp3) is 0.462. The van der Waals surface area contributed by atoms with Crippen LogP contribution in [0.5, 0.6) is 0 Å². The molecular formula is C26H33NO3. The summed E-state index contributed by atoms with van der Waals surface area (Å²) in [6.45, 7) is 5.82. The molecule has 1 rings (SSSR count). The van der Waals surface area contributed by atoms with Crippen LogP contribution in [0.1, 0.15) is 75.1 Å². The molecule has 4 heteroatoms. The van der Waals surface area contributed by atoms with Crippen LogP contribution in [0.4, 0.5) is 0 Å². The van der Waals surface area contributed by atoms with Crippen LogP contribution >= 0.6 is 0 Å². The Kier molecular flexibility index (Phi) is 13.3. The topological polar surface area (TPSA) is 66.4 Å². The van der Waals surface area contributed by atoms with Crippen LogP contribution < -0.4 is 5.32 Å². The first-order chi connectivity index (χ1) is 14.6. The number of carboxylic acids is 1. The minimum Gasteiger partial charge on any atom is -0.481 e. The van der Waals surface area contributed by atoms with E-state index in [1.165, 1.54) is 38.2 Å². The zero-order valence-corrected chi connectivity index (χ0v) is 18.0. The number of allylic oxidation sites excluding steroid dienone is 1. The van der Waals surface area contributed by atoms with Crippen LogP contribution in [0.3, 0.4) is 0 Å². The maximum atomic E-state index is 12.5. The third-order valence-corrected chi connectivity index (χ3v) is 4.68. The smallest absolute Gasteiger partial charge is 0.304 e. The highest BCUT2D eigenvalue weighted by atomic mass is 16.4. The molecular weight excluding hydrogens is 374 g/mol. The van der Waals surface area contributed by atoms with Crippen LogP contribution in [0.25, 0.3) is 0 Å². The Morgan fingerprint density at radius 3 is 2.30 bits per heavy atom. The molecule has 1 aromatic carbocycles. The summed E-state index contributed by atoms with van der Waals surface area (Å²) >= 11 is 0. The number of hydrogen-bond donors (Lipinski definition) is 2. The predicted octanol–water partition coefficient (Wildman–Crippen LogP) is 5.21. The van der Waals surface area contributed by atoms with Crippen molar-refractivity contribution in [2.75, 3.05) is 0 Å². The average molecular weight is 408 g/mol. The summed E-state index contributed by atoms with van der Waals surface area (Å²) in [5, 5.41) is 11.8. The van der Waals surface area contributed by atoms with E-state index in [0.29, 0.717) is 5.56 Å². The van der Waals surface area contributed by atoms with E-state index >= 15 is 0 Å². The van der Waals surface area contributed by atoms with Crippen molar-refractivity contribution in [3.8, 4) is 23.7 Å². The molecule has 2 N–H and O–H groups in total. The number of benzene rings is 1. The molecule has 1 aromatic rings. The highest BCUT2D eigenvalue weighted by Crippen LogP contribution is 2.10. The van der Waals surface area contributed by atoms with Gasteiger partial charge in [0.15, 0.2) is 0 Å². The van der Waals surface area contributed by atoms with Crippen molar-refractivity contribution in [2.24, 2.45) is 5.92 Å². The van der Waals surface area contributed by atoms with Gasteiger partial charge >= 0.3 is 5.97 Å². The number of carboxylic acid groups (broad SMARTS) is 1. The Hall–Kier alpha value is -2.98. The number of carbonyl (C=O) groups excluding carboxylic acids is 1. The van der Waals surface area contributed by atoms with Gasteiger partial charge in [-0.3, -0.25) is 9.59 Å². The van der Waals surface area contributed by atoms with Crippen molar-refractivity contribution < 1.29 is 14.7 Å². The van der Waals surface area contributed by atoms with E-state index in [4.69, 9.17) is 5.11 Å². The van der Waals surface area contributed by atoms with Gasteiger partial charge in [-0.25, -0.2) is 0 Å². The van der Waals surface area contributed by atoms with Crippen LogP contribution in [-0.4, -0.2) is 23.0 Å². The van der Waals surface area contributed by atoms with Gasteiger partial charge in [-0.2, -0.15) is 0 Å². The lowest BCUT2D eigenvalue weighted by Crippen LogP contribution is -2.33. The van der Waals surface area contributed by atoms with E-state index in [1.807, 2.05) is 18.2 Å². The summed E-state index contributed by atoms with van der Waals surface area (Å²) in [5.74, 6) is 9.82. The molecule has 0 spiro atoms. The molecule has 0 fully saturated rings. The van der Waals surface area contributed by atoms with Gasteiger partial charge in [0, 0.05) is 11.5 Å². The quantitative estimate of drug-likeness (QED) is 0.268. The van der Waals surface area contributed by atoms with Gasteiger partial charge in [0.1, 0.15) is 0 Å². The second kappa shape index (κ2) is 15.9. The average Bonchev–Trinajstić information content (AvgIpc) is 2.75. The largest absolute Gasteiger partial charge is 0.481 e. The van der Waals surface area contributed by atoms with E-state index in [1.54, 1.807) is 12.1 Å². The molecule has 0 bridgehead atoms. The first-order valence-electron chi connectivity index (χ1n) is 10.8. The molecule has 0 aliphatic carbocycles. The molecule has 0 saturated carbocycles. The highest BCUT2D eigenvalue weighted by Gasteiger charge is 2.11. The van der Waals surface area contributed by atoms with Gasteiger partial charge in [-0.15, -0.1) is 6.58 Å². The van der Waals surface area contributed by atoms with Crippen molar-refractivity contribution in [3.63, 3.8) is 0 Å². The number of rotatable bonds is 13. The molecule has 0 aliphatic heterocycles. The molecule has 0 aliphatic rings. The van der Waals surface area contributed by atoms with E-state index in [-0.39, 0.29) is 18.4 Å². The third-order valence-electron chi connectivity index (χ3n) is 4.68. The molecule has 2 atom stereocenters. The second-order valence-corrected chi connectivity index (χ2v) is 7.28. The van der Waals surface area contributed by atoms with E-state index in [0.717, 1.165) is 19.3 Å². The minimum absolute atomic E-state index is 0.0929. The zero-order valence-electron chi connectivity index (χ0n) is 18.0. The fourth-order valence-corrected chi connectivity index (χ4v) is 2.95. The Labute approximate surface area is 181 Å². The van der Waals surface area contributed by atoms with Crippen molar-refractivity contribution >= 4 is 11.9 Å². The van der Waals surface area contributed by atoms with Gasteiger partial charge < -0.3 is 10.4 Å². The SMILES string of the molecule is C=C[C@@H](C#CC#C[C@@H](CCCCCCCCC)NC(=O)c1ccccc1)CC(=O)O. The monoisotopic (exact) mass is 407 g/mol. The van der Waals surface area contributed by atoms with Gasteiger partial charge in [0.05, 0.1) is 12.5 Å². The van der Waals surface area contributed by atoms with Gasteiger partial charge in [-0.1, -0.05) is 88.0 Å². The van der Waals surface area contributed by atoms with E-state index in [2.05, 4.69) is 42.5 Å². The predicted molar refractivity (Wildman–Crippen MR) is 122 cm³/mol. The minimum atomic E-state index is -0.922.